The summed E-state index contributed by atoms with van der Waals surface area (Å²) in [5.74, 6) is 0. The molecule has 2 heterocycles. The van der Waals surface area contributed by atoms with Gasteiger partial charge in [-0.1, -0.05) is 0 Å². The van der Waals surface area contributed by atoms with E-state index >= 15 is 0 Å². The van der Waals surface area contributed by atoms with Crippen LogP contribution in [0.3, 0.4) is 0 Å². The topological polar surface area (TPSA) is 24.5 Å². The lowest BCUT2D eigenvalue weighted by atomic mass is 9.94. The van der Waals surface area contributed by atoms with Crippen molar-refractivity contribution in [1.82, 2.24) is 10.2 Å². The summed E-state index contributed by atoms with van der Waals surface area (Å²) in [6, 6.07) is 0.772. The molecule has 3 nitrogen and oxygen atoms in total. The van der Waals surface area contributed by atoms with Crippen LogP contribution in [-0.4, -0.2) is 49.3 Å². The zero-order valence-corrected chi connectivity index (χ0v) is 8.68. The molecule has 2 rings (SSSR count). The van der Waals surface area contributed by atoms with Crippen LogP contribution in [-0.2, 0) is 4.74 Å². The van der Waals surface area contributed by atoms with E-state index in [-0.39, 0.29) is 5.60 Å². The van der Waals surface area contributed by atoms with Crippen molar-refractivity contribution in [2.75, 3.05) is 32.8 Å². The van der Waals surface area contributed by atoms with E-state index in [0.717, 1.165) is 25.7 Å². The molecule has 0 spiro atoms. The minimum Gasteiger partial charge on any atom is -0.373 e. The van der Waals surface area contributed by atoms with Crippen LogP contribution in [0.4, 0.5) is 0 Å². The molecular formula is C10H20N2O. The number of likely N-dealkylation sites (tertiary alicyclic amines) is 1. The Hall–Kier alpha value is -0.120. The summed E-state index contributed by atoms with van der Waals surface area (Å²) in [6.45, 7) is 9.72. The lowest BCUT2D eigenvalue weighted by Gasteiger charge is -2.50. The molecule has 2 fully saturated rings. The summed E-state index contributed by atoms with van der Waals surface area (Å²) < 4.78 is 5.69. The third-order valence-corrected chi connectivity index (χ3v) is 3.12. The van der Waals surface area contributed by atoms with Crippen molar-refractivity contribution in [1.29, 1.82) is 0 Å². The first kappa shape index (κ1) is 9.44. The molecule has 0 bridgehead atoms. The summed E-state index contributed by atoms with van der Waals surface area (Å²) in [5.41, 5.74) is 0.150. The lowest BCUT2D eigenvalue weighted by molar-refractivity contribution is -0.139. The highest BCUT2D eigenvalue weighted by Gasteiger charge is 2.42. The zero-order valence-electron chi connectivity index (χ0n) is 8.68. The van der Waals surface area contributed by atoms with Gasteiger partial charge in [0.05, 0.1) is 5.60 Å². The predicted molar refractivity (Wildman–Crippen MR) is 52.9 cm³/mol. The highest BCUT2D eigenvalue weighted by molar-refractivity contribution is 4.98. The van der Waals surface area contributed by atoms with Gasteiger partial charge in [0.1, 0.15) is 0 Å². The molecule has 2 aliphatic rings. The Kier molecular flexibility index (Phi) is 2.58. The fourth-order valence-electron chi connectivity index (χ4n) is 2.46. The monoisotopic (exact) mass is 184 g/mol. The Labute approximate surface area is 80.4 Å². The average Bonchev–Trinajstić information content (AvgIpc) is 2.52. The van der Waals surface area contributed by atoms with Crippen LogP contribution in [0.1, 0.15) is 20.3 Å². The molecule has 0 aliphatic carbocycles. The second-order valence-corrected chi connectivity index (χ2v) is 4.43. The fourth-order valence-corrected chi connectivity index (χ4v) is 2.46. The van der Waals surface area contributed by atoms with Gasteiger partial charge in [0, 0.05) is 32.3 Å². The highest BCUT2D eigenvalue weighted by atomic mass is 16.5. The molecule has 0 amide bonds. The molecule has 1 N–H and O–H groups in total. The number of nitrogens with one attached hydrogen (secondary N) is 1. The van der Waals surface area contributed by atoms with Gasteiger partial charge in [0.25, 0.3) is 0 Å². The van der Waals surface area contributed by atoms with E-state index in [2.05, 4.69) is 24.1 Å². The SMILES string of the molecule is CCOC1(C)CN(C2CCNC2)C1. The summed E-state index contributed by atoms with van der Waals surface area (Å²) in [5, 5.41) is 3.40. The summed E-state index contributed by atoms with van der Waals surface area (Å²) >= 11 is 0. The van der Waals surface area contributed by atoms with Gasteiger partial charge in [-0.05, 0) is 26.8 Å². The maximum absolute atomic E-state index is 5.69. The van der Waals surface area contributed by atoms with E-state index in [9.17, 15) is 0 Å². The van der Waals surface area contributed by atoms with E-state index in [1.165, 1.54) is 19.5 Å². The van der Waals surface area contributed by atoms with Gasteiger partial charge in [-0.3, -0.25) is 4.90 Å². The van der Waals surface area contributed by atoms with Crippen molar-refractivity contribution in [3.05, 3.63) is 0 Å². The molecule has 0 aromatic rings. The molecule has 0 aromatic carbocycles. The first-order chi connectivity index (χ1) is 6.23. The standard InChI is InChI=1S/C10H20N2O/c1-3-13-10(2)7-12(8-10)9-4-5-11-6-9/h9,11H,3-8H2,1-2H3. The number of hydrogen-bond donors (Lipinski definition) is 1. The number of ether oxygens (including phenoxy) is 1. The normalized spacial score (nSPS) is 33.2. The maximum Gasteiger partial charge on any atom is 0.0906 e. The lowest BCUT2D eigenvalue weighted by Crippen LogP contribution is -2.64. The quantitative estimate of drug-likeness (QED) is 0.689. The summed E-state index contributed by atoms with van der Waals surface area (Å²) in [4.78, 5) is 2.54. The Bertz CT molecular complexity index is 172. The van der Waals surface area contributed by atoms with Crippen molar-refractivity contribution >= 4 is 0 Å². The van der Waals surface area contributed by atoms with Crippen molar-refractivity contribution in [2.45, 2.75) is 31.9 Å². The van der Waals surface area contributed by atoms with Crippen LogP contribution in [0.5, 0.6) is 0 Å². The van der Waals surface area contributed by atoms with Gasteiger partial charge in [-0.25, -0.2) is 0 Å². The third kappa shape index (κ3) is 1.87. The van der Waals surface area contributed by atoms with Crippen molar-refractivity contribution < 1.29 is 4.74 Å². The van der Waals surface area contributed by atoms with Gasteiger partial charge in [-0.2, -0.15) is 0 Å². The molecule has 76 valence electrons. The van der Waals surface area contributed by atoms with E-state index in [1.54, 1.807) is 0 Å². The molecular weight excluding hydrogens is 164 g/mol. The van der Waals surface area contributed by atoms with Gasteiger partial charge >= 0.3 is 0 Å². The first-order valence-electron chi connectivity index (χ1n) is 5.32. The van der Waals surface area contributed by atoms with E-state index in [1.807, 2.05) is 0 Å². The average molecular weight is 184 g/mol. The predicted octanol–water partition coefficient (Wildman–Crippen LogP) is 0.459. The molecule has 0 aromatic heterocycles. The molecule has 13 heavy (non-hydrogen) atoms. The van der Waals surface area contributed by atoms with Gasteiger partial charge in [0.15, 0.2) is 0 Å². The van der Waals surface area contributed by atoms with Crippen LogP contribution in [0, 0.1) is 0 Å². The molecule has 2 saturated heterocycles. The fraction of sp³-hybridized carbons (Fsp3) is 1.00. The van der Waals surface area contributed by atoms with Gasteiger partial charge < -0.3 is 10.1 Å². The smallest absolute Gasteiger partial charge is 0.0906 e. The van der Waals surface area contributed by atoms with Crippen molar-refractivity contribution in [2.24, 2.45) is 0 Å². The Morgan fingerprint density at radius 1 is 1.54 bits per heavy atom. The molecule has 1 atom stereocenters. The van der Waals surface area contributed by atoms with Gasteiger partial charge in [-0.15, -0.1) is 0 Å². The highest BCUT2D eigenvalue weighted by Crippen LogP contribution is 2.28. The second-order valence-electron chi connectivity index (χ2n) is 4.43. The van der Waals surface area contributed by atoms with Crippen LogP contribution in [0.15, 0.2) is 0 Å². The third-order valence-electron chi connectivity index (χ3n) is 3.12. The van der Waals surface area contributed by atoms with E-state index < -0.39 is 0 Å². The molecule has 2 aliphatic heterocycles. The van der Waals surface area contributed by atoms with Crippen molar-refractivity contribution in [3.8, 4) is 0 Å². The molecule has 0 saturated carbocycles. The number of rotatable bonds is 3. The minimum absolute atomic E-state index is 0.150. The van der Waals surface area contributed by atoms with Crippen molar-refractivity contribution in [3.63, 3.8) is 0 Å². The second kappa shape index (κ2) is 3.56. The summed E-state index contributed by atoms with van der Waals surface area (Å²) in [7, 11) is 0. The van der Waals surface area contributed by atoms with Crippen LogP contribution in [0.2, 0.25) is 0 Å². The van der Waals surface area contributed by atoms with Gasteiger partial charge in [0.2, 0.25) is 0 Å². The van der Waals surface area contributed by atoms with Crippen LogP contribution < -0.4 is 5.32 Å². The zero-order chi connectivity index (χ0) is 9.31. The first-order valence-corrected chi connectivity index (χ1v) is 5.32. The Balaban J connectivity index is 1.76. The minimum atomic E-state index is 0.150. The number of hydrogen-bond acceptors (Lipinski definition) is 3. The van der Waals surface area contributed by atoms with Crippen LogP contribution in [0.25, 0.3) is 0 Å². The van der Waals surface area contributed by atoms with Crippen LogP contribution >= 0.6 is 0 Å². The summed E-state index contributed by atoms with van der Waals surface area (Å²) in [6.07, 6.45) is 1.31. The number of nitrogens with zero attached hydrogens (tertiary/aromatic N) is 1. The largest absolute Gasteiger partial charge is 0.373 e. The van der Waals surface area contributed by atoms with E-state index in [4.69, 9.17) is 4.74 Å². The molecule has 0 radical (unpaired) electrons. The molecule has 1 unspecified atom stereocenters. The Morgan fingerprint density at radius 2 is 2.31 bits per heavy atom. The Morgan fingerprint density at radius 3 is 2.85 bits per heavy atom. The van der Waals surface area contributed by atoms with E-state index in [0.29, 0.717) is 0 Å². The maximum atomic E-state index is 5.69. The molecule has 3 heteroatoms.